The first-order valence-corrected chi connectivity index (χ1v) is 14.9. The molecule has 0 saturated heterocycles. The molecule has 39 heavy (non-hydrogen) atoms. The van der Waals surface area contributed by atoms with Gasteiger partial charge in [-0.1, -0.05) is 47.5 Å². The summed E-state index contributed by atoms with van der Waals surface area (Å²) in [5.74, 6) is 1.41. The lowest BCUT2D eigenvalue weighted by atomic mass is 9.69. The highest BCUT2D eigenvalue weighted by Crippen LogP contribution is 2.39. The van der Waals surface area contributed by atoms with Gasteiger partial charge in [0.25, 0.3) is 5.91 Å². The van der Waals surface area contributed by atoms with E-state index >= 15 is 0 Å². The molecule has 4 atom stereocenters. The molecule has 0 bridgehead atoms. The Balaban J connectivity index is 1.80. The van der Waals surface area contributed by atoms with Crippen LogP contribution in [0.2, 0.25) is 0 Å². The van der Waals surface area contributed by atoms with Crippen LogP contribution < -0.4 is 15.4 Å². The highest BCUT2D eigenvalue weighted by molar-refractivity contribution is 5.96. The van der Waals surface area contributed by atoms with Crippen LogP contribution in [0.3, 0.4) is 0 Å². The van der Waals surface area contributed by atoms with Gasteiger partial charge in [-0.05, 0) is 82.6 Å². The minimum atomic E-state index is -0.721. The molecular formula is C31H52N4O4. The summed E-state index contributed by atoms with van der Waals surface area (Å²) >= 11 is 0. The summed E-state index contributed by atoms with van der Waals surface area (Å²) < 4.78 is 7.70. The Morgan fingerprint density at radius 1 is 1.23 bits per heavy atom. The number of carbonyl (C=O) groups excluding carboxylic acids is 2. The number of amides is 2. The van der Waals surface area contributed by atoms with Crippen molar-refractivity contribution in [2.75, 3.05) is 6.61 Å². The van der Waals surface area contributed by atoms with Crippen molar-refractivity contribution >= 4 is 18.0 Å². The van der Waals surface area contributed by atoms with Crippen molar-refractivity contribution in [3.05, 3.63) is 17.8 Å². The zero-order valence-corrected chi connectivity index (χ0v) is 25.4. The second-order valence-electron chi connectivity index (χ2n) is 13.8. The van der Waals surface area contributed by atoms with Crippen LogP contribution in [0.1, 0.15) is 111 Å². The molecule has 3 rings (SSSR count). The van der Waals surface area contributed by atoms with Crippen LogP contribution in [0, 0.1) is 29.6 Å². The van der Waals surface area contributed by atoms with Crippen LogP contribution in [-0.2, 0) is 4.79 Å². The fourth-order valence-corrected chi connectivity index (χ4v) is 6.32. The summed E-state index contributed by atoms with van der Waals surface area (Å²) in [7, 11) is 0. The Morgan fingerprint density at radius 3 is 2.49 bits per heavy atom. The fourth-order valence-electron chi connectivity index (χ4n) is 6.32. The predicted molar refractivity (Wildman–Crippen MR) is 155 cm³/mol. The fraction of sp³-hybridized carbons (Fsp3) is 0.774. The lowest BCUT2D eigenvalue weighted by Crippen LogP contribution is -2.49. The van der Waals surface area contributed by atoms with Gasteiger partial charge >= 0.3 is 0 Å². The zero-order chi connectivity index (χ0) is 29.0. The van der Waals surface area contributed by atoms with Crippen LogP contribution >= 0.6 is 0 Å². The normalized spacial score (nSPS) is 25.4. The molecule has 2 aliphatic rings. The van der Waals surface area contributed by atoms with Gasteiger partial charge in [-0.15, -0.1) is 0 Å². The summed E-state index contributed by atoms with van der Waals surface area (Å²) in [5.41, 5.74) is -0.920. The molecule has 0 aliphatic heterocycles. The molecular weight excluding hydrogens is 492 g/mol. The Kier molecular flexibility index (Phi) is 10.3. The van der Waals surface area contributed by atoms with E-state index < -0.39 is 11.1 Å². The molecule has 220 valence electrons. The molecule has 1 aromatic heterocycles. The summed E-state index contributed by atoms with van der Waals surface area (Å²) in [6.45, 7) is 16.8. The molecule has 2 fully saturated rings. The molecule has 2 aliphatic carbocycles. The Labute approximate surface area is 235 Å². The highest BCUT2D eigenvalue weighted by atomic mass is 16.5. The monoisotopic (exact) mass is 544 g/mol. The van der Waals surface area contributed by atoms with E-state index in [0.29, 0.717) is 30.4 Å². The Bertz CT molecular complexity index is 1000. The molecule has 2 saturated carbocycles. The van der Waals surface area contributed by atoms with E-state index in [1.54, 1.807) is 17.1 Å². The lowest BCUT2D eigenvalue weighted by molar-refractivity contribution is -0.125. The molecule has 0 aromatic carbocycles. The minimum absolute atomic E-state index is 0.0756. The number of hydrogen-bond acceptors (Lipinski definition) is 5. The first-order valence-electron chi connectivity index (χ1n) is 14.9. The van der Waals surface area contributed by atoms with Crippen LogP contribution in [-0.4, -0.2) is 50.5 Å². The van der Waals surface area contributed by atoms with Crippen LogP contribution in [0.5, 0.6) is 5.88 Å². The van der Waals surface area contributed by atoms with E-state index in [1.165, 1.54) is 0 Å². The topological polar surface area (TPSA) is 105 Å². The van der Waals surface area contributed by atoms with Gasteiger partial charge in [0.1, 0.15) is 5.56 Å². The van der Waals surface area contributed by atoms with Crippen molar-refractivity contribution in [3.63, 3.8) is 0 Å². The SMILES string of the molecule is CC(C)COc1c(C(=O)N[C@@H](C(C)C)C2CC(C)C[C@@](C)(O)C2)cnn1/C=C/C(C)(C)NC(=O)C1CCCC1. The van der Waals surface area contributed by atoms with E-state index in [0.717, 1.165) is 38.5 Å². The van der Waals surface area contributed by atoms with Gasteiger partial charge in [-0.3, -0.25) is 9.59 Å². The Hall–Kier alpha value is -2.35. The molecule has 0 radical (unpaired) electrons. The molecule has 2 amide bonds. The second kappa shape index (κ2) is 12.9. The highest BCUT2D eigenvalue weighted by Gasteiger charge is 2.39. The van der Waals surface area contributed by atoms with Crippen molar-refractivity contribution in [1.82, 2.24) is 20.4 Å². The molecule has 3 N–H and O–H groups in total. The third-order valence-corrected chi connectivity index (χ3v) is 8.07. The van der Waals surface area contributed by atoms with Gasteiger partial charge < -0.3 is 20.5 Å². The van der Waals surface area contributed by atoms with E-state index in [4.69, 9.17) is 4.74 Å². The van der Waals surface area contributed by atoms with E-state index in [2.05, 4.69) is 50.4 Å². The Morgan fingerprint density at radius 2 is 1.90 bits per heavy atom. The van der Waals surface area contributed by atoms with Crippen LogP contribution in [0.25, 0.3) is 6.20 Å². The molecule has 2 unspecified atom stereocenters. The van der Waals surface area contributed by atoms with Gasteiger partial charge in [-0.2, -0.15) is 5.10 Å². The number of rotatable bonds is 11. The van der Waals surface area contributed by atoms with Gasteiger partial charge in [0.05, 0.1) is 23.9 Å². The van der Waals surface area contributed by atoms with Crippen molar-refractivity contribution in [1.29, 1.82) is 0 Å². The number of ether oxygens (including phenoxy) is 1. The number of nitrogens with zero attached hydrogens (tertiary/aromatic N) is 2. The summed E-state index contributed by atoms with van der Waals surface area (Å²) in [5, 5.41) is 21.7. The maximum Gasteiger partial charge on any atom is 0.258 e. The third-order valence-electron chi connectivity index (χ3n) is 8.07. The molecule has 8 heteroatoms. The van der Waals surface area contributed by atoms with Crippen molar-refractivity contribution < 1.29 is 19.4 Å². The number of hydrogen-bond donors (Lipinski definition) is 3. The maximum atomic E-state index is 13.6. The van der Waals surface area contributed by atoms with Crippen molar-refractivity contribution in [2.24, 2.45) is 29.6 Å². The minimum Gasteiger partial charge on any atom is -0.477 e. The maximum absolute atomic E-state index is 13.6. The average molecular weight is 545 g/mol. The standard InChI is InChI=1S/C31H52N4O4/c1-20(2)19-39-29-25(28(37)33-26(21(3)4)24-15-22(5)16-31(8,38)17-24)18-32-35(29)14-13-30(6,7)34-27(36)23-11-9-10-12-23/h13-14,18,20-24,26,38H,9-12,15-17,19H2,1-8H3,(H,33,37)(H,34,36)/b14-13+/t22?,24?,26-,31+/m0/s1. The van der Waals surface area contributed by atoms with Crippen LogP contribution in [0.15, 0.2) is 12.3 Å². The summed E-state index contributed by atoms with van der Waals surface area (Å²) in [4.78, 5) is 26.3. The smallest absolute Gasteiger partial charge is 0.258 e. The third kappa shape index (κ3) is 8.82. The molecule has 0 spiro atoms. The van der Waals surface area contributed by atoms with E-state index in [-0.39, 0.29) is 41.5 Å². The summed E-state index contributed by atoms with van der Waals surface area (Å²) in [6.07, 6.45) is 11.7. The van der Waals surface area contributed by atoms with Crippen molar-refractivity contribution in [2.45, 2.75) is 118 Å². The number of aromatic nitrogens is 2. The molecule has 8 nitrogen and oxygen atoms in total. The second-order valence-corrected chi connectivity index (χ2v) is 13.8. The quantitative estimate of drug-likeness (QED) is 0.345. The van der Waals surface area contributed by atoms with Gasteiger partial charge in [0.15, 0.2) is 0 Å². The number of nitrogens with one attached hydrogen (secondary N) is 2. The largest absolute Gasteiger partial charge is 0.477 e. The number of carbonyl (C=O) groups is 2. The zero-order valence-electron chi connectivity index (χ0n) is 25.4. The van der Waals surface area contributed by atoms with Gasteiger partial charge in [-0.25, -0.2) is 4.68 Å². The van der Waals surface area contributed by atoms with Gasteiger partial charge in [0, 0.05) is 18.2 Å². The van der Waals surface area contributed by atoms with Crippen molar-refractivity contribution in [3.8, 4) is 5.88 Å². The average Bonchev–Trinajstić information content (AvgIpc) is 3.48. The number of aliphatic hydroxyl groups is 1. The van der Waals surface area contributed by atoms with E-state index in [1.807, 2.05) is 26.8 Å². The summed E-state index contributed by atoms with van der Waals surface area (Å²) in [6, 6.07) is -0.0756. The molecule has 1 aromatic rings. The predicted octanol–water partition coefficient (Wildman–Crippen LogP) is 5.42. The lowest BCUT2D eigenvalue weighted by Gasteiger charge is -2.42. The first-order chi connectivity index (χ1) is 18.2. The van der Waals surface area contributed by atoms with Gasteiger partial charge in [0.2, 0.25) is 11.8 Å². The first kappa shape index (κ1) is 31.2. The van der Waals surface area contributed by atoms with E-state index in [9.17, 15) is 14.7 Å². The molecule has 1 heterocycles. The van der Waals surface area contributed by atoms with Crippen LogP contribution in [0.4, 0.5) is 0 Å².